The first kappa shape index (κ1) is 15.3. The number of nitrogens with two attached hydrogens (primary N) is 1. The van der Waals surface area contributed by atoms with Gasteiger partial charge >= 0.3 is 5.69 Å². The molecule has 3 N–H and O–H groups in total. The van der Waals surface area contributed by atoms with Crippen LogP contribution in [-0.4, -0.2) is 16.9 Å². The molecule has 0 radical (unpaired) electrons. The molecule has 0 heterocycles. The van der Waals surface area contributed by atoms with Crippen molar-refractivity contribution in [3.05, 3.63) is 33.9 Å². The maximum atomic E-state index is 12.3. The minimum atomic E-state index is -0.601. The van der Waals surface area contributed by atoms with Crippen molar-refractivity contribution in [1.29, 1.82) is 0 Å². The Morgan fingerprint density at radius 1 is 1.38 bits per heavy atom. The zero-order valence-electron chi connectivity index (χ0n) is 12.3. The Kier molecular flexibility index (Phi) is 4.45. The van der Waals surface area contributed by atoms with Crippen LogP contribution in [0.3, 0.4) is 0 Å². The van der Waals surface area contributed by atoms with Crippen LogP contribution in [0.1, 0.15) is 43.5 Å². The fraction of sp³-hybridized carbons (Fsp3) is 0.533. The highest BCUT2D eigenvalue weighted by atomic mass is 16.6. The lowest BCUT2D eigenvalue weighted by Gasteiger charge is -2.33. The second kappa shape index (κ2) is 6.11. The van der Waals surface area contributed by atoms with Gasteiger partial charge in [-0.05, 0) is 43.2 Å². The van der Waals surface area contributed by atoms with Gasteiger partial charge in [0, 0.05) is 6.04 Å². The number of benzene rings is 1. The third-order valence-electron chi connectivity index (χ3n) is 4.24. The van der Waals surface area contributed by atoms with Gasteiger partial charge < -0.3 is 11.1 Å². The summed E-state index contributed by atoms with van der Waals surface area (Å²) in [4.78, 5) is 22.8. The summed E-state index contributed by atoms with van der Waals surface area (Å²) in [7, 11) is 0. The number of nitrogen functional groups attached to an aromatic ring is 1. The molecule has 3 unspecified atom stereocenters. The molecule has 0 aliphatic heterocycles. The molecule has 1 aliphatic rings. The number of hydrogen-bond acceptors (Lipinski definition) is 4. The van der Waals surface area contributed by atoms with Crippen molar-refractivity contribution in [2.75, 3.05) is 5.73 Å². The molecular weight excluding hydrogens is 270 g/mol. The van der Waals surface area contributed by atoms with Crippen molar-refractivity contribution in [2.45, 2.75) is 39.2 Å². The van der Waals surface area contributed by atoms with E-state index in [0.717, 1.165) is 19.3 Å². The van der Waals surface area contributed by atoms with Crippen LogP contribution in [0.15, 0.2) is 18.2 Å². The van der Waals surface area contributed by atoms with Crippen molar-refractivity contribution in [3.63, 3.8) is 0 Å². The van der Waals surface area contributed by atoms with Gasteiger partial charge in [0.15, 0.2) is 0 Å². The van der Waals surface area contributed by atoms with Gasteiger partial charge in [0.2, 0.25) is 0 Å². The molecule has 1 saturated carbocycles. The minimum absolute atomic E-state index is 0.0120. The van der Waals surface area contributed by atoms with Crippen LogP contribution in [-0.2, 0) is 0 Å². The molecule has 1 amide bonds. The predicted molar refractivity (Wildman–Crippen MR) is 80.9 cm³/mol. The zero-order valence-corrected chi connectivity index (χ0v) is 12.3. The number of carbonyl (C=O) groups is 1. The van der Waals surface area contributed by atoms with Gasteiger partial charge in [0.25, 0.3) is 5.91 Å². The molecule has 3 atom stereocenters. The van der Waals surface area contributed by atoms with Gasteiger partial charge in [-0.2, -0.15) is 0 Å². The van der Waals surface area contributed by atoms with E-state index in [1.54, 1.807) is 6.07 Å². The number of amides is 1. The van der Waals surface area contributed by atoms with Crippen LogP contribution >= 0.6 is 0 Å². The van der Waals surface area contributed by atoms with Crippen LogP contribution in [0.2, 0.25) is 0 Å². The van der Waals surface area contributed by atoms with E-state index in [-0.39, 0.29) is 23.0 Å². The quantitative estimate of drug-likeness (QED) is 0.508. The van der Waals surface area contributed by atoms with E-state index in [2.05, 4.69) is 19.2 Å². The third-order valence-corrected chi connectivity index (χ3v) is 4.24. The molecule has 1 aliphatic carbocycles. The Labute approximate surface area is 123 Å². The van der Waals surface area contributed by atoms with E-state index in [1.807, 2.05) is 0 Å². The molecule has 0 bridgehead atoms. The van der Waals surface area contributed by atoms with Gasteiger partial charge in [-0.1, -0.05) is 19.9 Å². The number of nitro groups is 1. The lowest BCUT2D eigenvalue weighted by molar-refractivity contribution is -0.384. The van der Waals surface area contributed by atoms with Gasteiger partial charge in [-0.3, -0.25) is 14.9 Å². The van der Waals surface area contributed by atoms with E-state index >= 15 is 0 Å². The average Bonchev–Trinajstić information content (AvgIpc) is 2.41. The number of para-hydroxylation sites is 1. The Balaban J connectivity index is 2.18. The van der Waals surface area contributed by atoms with Crippen molar-refractivity contribution in [3.8, 4) is 0 Å². The minimum Gasteiger partial charge on any atom is -0.393 e. The van der Waals surface area contributed by atoms with Gasteiger partial charge in [0.05, 0.1) is 4.92 Å². The first-order chi connectivity index (χ1) is 9.90. The number of nitrogens with zero attached hydrogens (tertiary/aromatic N) is 1. The fourth-order valence-electron chi connectivity index (χ4n) is 3.07. The maximum Gasteiger partial charge on any atom is 0.304 e. The second-order valence-electron chi connectivity index (χ2n) is 5.98. The van der Waals surface area contributed by atoms with Crippen molar-refractivity contribution < 1.29 is 9.72 Å². The van der Waals surface area contributed by atoms with Crippen molar-refractivity contribution in [1.82, 2.24) is 5.32 Å². The molecular formula is C15H21N3O3. The van der Waals surface area contributed by atoms with Crippen LogP contribution in [0.4, 0.5) is 11.4 Å². The first-order valence-electron chi connectivity index (χ1n) is 7.24. The van der Waals surface area contributed by atoms with E-state index in [1.165, 1.54) is 12.1 Å². The highest BCUT2D eigenvalue weighted by molar-refractivity contribution is 6.00. The van der Waals surface area contributed by atoms with Crippen molar-refractivity contribution in [2.24, 2.45) is 11.8 Å². The Morgan fingerprint density at radius 2 is 2.10 bits per heavy atom. The molecule has 0 aromatic heterocycles. The van der Waals surface area contributed by atoms with Gasteiger partial charge in [0.1, 0.15) is 11.3 Å². The van der Waals surface area contributed by atoms with E-state index in [4.69, 9.17) is 5.73 Å². The molecule has 0 saturated heterocycles. The smallest absolute Gasteiger partial charge is 0.304 e. The second-order valence-corrected chi connectivity index (χ2v) is 5.98. The van der Waals surface area contributed by atoms with Crippen LogP contribution in [0, 0.1) is 22.0 Å². The number of hydrogen-bond donors (Lipinski definition) is 2. The Morgan fingerprint density at radius 3 is 2.71 bits per heavy atom. The van der Waals surface area contributed by atoms with E-state index in [9.17, 15) is 14.9 Å². The van der Waals surface area contributed by atoms with Crippen LogP contribution in [0.25, 0.3) is 0 Å². The Hall–Kier alpha value is -2.11. The number of carbonyl (C=O) groups excluding carboxylic acids is 1. The maximum absolute atomic E-state index is 12.3. The van der Waals surface area contributed by atoms with Crippen LogP contribution < -0.4 is 11.1 Å². The number of rotatable bonds is 3. The molecule has 0 spiro atoms. The summed E-state index contributed by atoms with van der Waals surface area (Å²) in [5, 5.41) is 14.0. The summed E-state index contributed by atoms with van der Waals surface area (Å²) in [5.41, 5.74) is 5.35. The summed E-state index contributed by atoms with van der Waals surface area (Å²) in [6.45, 7) is 4.31. The lowest BCUT2D eigenvalue weighted by atomic mass is 9.80. The SMILES string of the molecule is CC1CCC(NC(=O)c2cccc(N)c2[N+](=O)[O-])C(C)C1. The molecule has 1 fully saturated rings. The summed E-state index contributed by atoms with van der Waals surface area (Å²) < 4.78 is 0. The molecule has 6 nitrogen and oxygen atoms in total. The predicted octanol–water partition coefficient (Wildman–Crippen LogP) is 2.73. The molecule has 1 aromatic rings. The number of anilines is 1. The first-order valence-corrected chi connectivity index (χ1v) is 7.24. The zero-order chi connectivity index (χ0) is 15.6. The highest BCUT2D eigenvalue weighted by Gasteiger charge is 2.29. The third kappa shape index (κ3) is 3.32. The van der Waals surface area contributed by atoms with Gasteiger partial charge in [-0.25, -0.2) is 0 Å². The number of nitro benzene ring substituents is 1. The van der Waals surface area contributed by atoms with Crippen LogP contribution in [0.5, 0.6) is 0 Å². The molecule has 114 valence electrons. The highest BCUT2D eigenvalue weighted by Crippen LogP contribution is 2.30. The summed E-state index contributed by atoms with van der Waals surface area (Å²) in [6, 6.07) is 4.50. The molecule has 21 heavy (non-hydrogen) atoms. The lowest BCUT2D eigenvalue weighted by Crippen LogP contribution is -2.42. The summed E-state index contributed by atoms with van der Waals surface area (Å²) in [6.07, 6.45) is 3.03. The molecule has 1 aromatic carbocycles. The van der Waals surface area contributed by atoms with Gasteiger partial charge in [-0.15, -0.1) is 0 Å². The Bertz CT molecular complexity index is 559. The number of nitrogens with one attached hydrogen (secondary N) is 1. The normalized spacial score (nSPS) is 25.3. The van der Waals surface area contributed by atoms with Crippen molar-refractivity contribution >= 4 is 17.3 Å². The van der Waals surface area contributed by atoms with E-state index < -0.39 is 10.8 Å². The average molecular weight is 291 g/mol. The molecule has 6 heteroatoms. The topological polar surface area (TPSA) is 98.3 Å². The fourth-order valence-corrected chi connectivity index (χ4v) is 3.07. The van der Waals surface area contributed by atoms with E-state index in [0.29, 0.717) is 11.8 Å². The molecule has 2 rings (SSSR count). The summed E-state index contributed by atoms with van der Waals surface area (Å²) >= 11 is 0. The largest absolute Gasteiger partial charge is 0.393 e. The summed E-state index contributed by atoms with van der Waals surface area (Å²) in [5.74, 6) is 0.619. The monoisotopic (exact) mass is 291 g/mol. The standard InChI is InChI=1S/C15H21N3O3/c1-9-6-7-13(10(2)8-9)17-15(19)11-4-3-5-12(16)14(11)18(20)21/h3-5,9-10,13H,6-8,16H2,1-2H3,(H,17,19).